The van der Waals surface area contributed by atoms with Crippen molar-refractivity contribution in [3.05, 3.63) is 59.7 Å². The summed E-state index contributed by atoms with van der Waals surface area (Å²) >= 11 is 0. The maximum absolute atomic E-state index is 6.08. The van der Waals surface area contributed by atoms with Gasteiger partial charge in [-0.05, 0) is 43.1 Å². The zero-order valence-electron chi connectivity index (χ0n) is 13.6. The van der Waals surface area contributed by atoms with Crippen LogP contribution in [0.4, 0.5) is 0 Å². The van der Waals surface area contributed by atoms with Crippen molar-refractivity contribution in [1.29, 1.82) is 0 Å². The summed E-state index contributed by atoms with van der Waals surface area (Å²) in [6.07, 6.45) is 0. The summed E-state index contributed by atoms with van der Waals surface area (Å²) in [6, 6.07) is 16.9. The van der Waals surface area contributed by atoms with Crippen LogP contribution in [0.3, 0.4) is 0 Å². The van der Waals surface area contributed by atoms with Crippen LogP contribution >= 0.6 is 0 Å². The minimum absolute atomic E-state index is 0.0666. The molecule has 0 amide bonds. The van der Waals surface area contributed by atoms with E-state index in [1.165, 1.54) is 11.1 Å². The Labute approximate surface area is 128 Å². The van der Waals surface area contributed by atoms with Crippen molar-refractivity contribution in [1.82, 2.24) is 5.32 Å². The number of hydrogen-bond acceptors (Lipinski definition) is 2. The molecule has 1 unspecified atom stereocenters. The van der Waals surface area contributed by atoms with Crippen LogP contribution in [0.5, 0.6) is 11.5 Å². The molecule has 0 fully saturated rings. The van der Waals surface area contributed by atoms with Crippen LogP contribution in [0.2, 0.25) is 0 Å². The summed E-state index contributed by atoms with van der Waals surface area (Å²) in [4.78, 5) is 0. The lowest BCUT2D eigenvalue weighted by molar-refractivity contribution is 0.455. The van der Waals surface area contributed by atoms with E-state index in [1.807, 2.05) is 31.3 Å². The lowest BCUT2D eigenvalue weighted by Crippen LogP contribution is -2.12. The van der Waals surface area contributed by atoms with Crippen molar-refractivity contribution >= 4 is 0 Å². The maximum Gasteiger partial charge on any atom is 0.131 e. The molecule has 21 heavy (non-hydrogen) atoms. The molecule has 2 heteroatoms. The first-order valence-electron chi connectivity index (χ1n) is 7.46. The third kappa shape index (κ3) is 3.85. The standard InChI is InChI=1S/C19H25NO/c1-14(20-5)15-10-12-16(13-11-15)21-18-9-7-6-8-17(18)19(2,3)4/h6-14,20H,1-5H3. The van der Waals surface area contributed by atoms with Gasteiger partial charge in [0.05, 0.1) is 0 Å². The van der Waals surface area contributed by atoms with Crippen molar-refractivity contribution in [2.24, 2.45) is 0 Å². The van der Waals surface area contributed by atoms with Gasteiger partial charge in [-0.1, -0.05) is 51.1 Å². The Morgan fingerprint density at radius 3 is 2.14 bits per heavy atom. The highest BCUT2D eigenvalue weighted by Crippen LogP contribution is 2.34. The molecular weight excluding hydrogens is 258 g/mol. The monoisotopic (exact) mass is 283 g/mol. The number of ether oxygens (including phenoxy) is 1. The van der Waals surface area contributed by atoms with Gasteiger partial charge in [0.25, 0.3) is 0 Å². The fraction of sp³-hybridized carbons (Fsp3) is 0.368. The average molecular weight is 283 g/mol. The molecule has 1 atom stereocenters. The van der Waals surface area contributed by atoms with E-state index in [4.69, 9.17) is 4.74 Å². The zero-order chi connectivity index (χ0) is 15.5. The predicted molar refractivity (Wildman–Crippen MR) is 89.1 cm³/mol. The first-order valence-corrected chi connectivity index (χ1v) is 7.46. The second-order valence-electron chi connectivity index (χ2n) is 6.43. The van der Waals surface area contributed by atoms with E-state index in [0.717, 1.165) is 11.5 Å². The summed E-state index contributed by atoms with van der Waals surface area (Å²) in [7, 11) is 1.97. The van der Waals surface area contributed by atoms with Crippen molar-refractivity contribution < 1.29 is 4.74 Å². The first-order chi connectivity index (χ1) is 9.91. The number of nitrogens with one attached hydrogen (secondary N) is 1. The molecule has 0 saturated carbocycles. The number of benzene rings is 2. The normalized spacial score (nSPS) is 13.0. The van der Waals surface area contributed by atoms with Crippen LogP contribution in [0.25, 0.3) is 0 Å². The van der Waals surface area contributed by atoms with Crippen molar-refractivity contribution in [3.8, 4) is 11.5 Å². The predicted octanol–water partition coefficient (Wildman–Crippen LogP) is 5.06. The van der Waals surface area contributed by atoms with E-state index >= 15 is 0 Å². The van der Waals surface area contributed by atoms with Gasteiger partial charge in [-0.25, -0.2) is 0 Å². The van der Waals surface area contributed by atoms with Gasteiger partial charge >= 0.3 is 0 Å². The molecule has 0 aliphatic rings. The van der Waals surface area contributed by atoms with Crippen LogP contribution in [0.1, 0.15) is 44.9 Å². The molecule has 2 nitrogen and oxygen atoms in total. The largest absolute Gasteiger partial charge is 0.457 e. The third-order valence-electron chi connectivity index (χ3n) is 3.74. The van der Waals surface area contributed by atoms with Crippen molar-refractivity contribution in [2.75, 3.05) is 7.05 Å². The van der Waals surface area contributed by atoms with Gasteiger partial charge in [-0.2, -0.15) is 0 Å². The first kappa shape index (κ1) is 15.6. The van der Waals surface area contributed by atoms with Crippen LogP contribution < -0.4 is 10.1 Å². The summed E-state index contributed by atoms with van der Waals surface area (Å²) < 4.78 is 6.08. The van der Waals surface area contributed by atoms with Gasteiger partial charge < -0.3 is 10.1 Å². The molecule has 2 aromatic rings. The Kier molecular flexibility index (Phi) is 4.69. The Hall–Kier alpha value is -1.80. The van der Waals surface area contributed by atoms with E-state index in [2.05, 4.69) is 57.3 Å². The number of hydrogen-bond donors (Lipinski definition) is 1. The lowest BCUT2D eigenvalue weighted by Gasteiger charge is -2.22. The molecule has 0 bridgehead atoms. The molecule has 2 aromatic carbocycles. The minimum Gasteiger partial charge on any atom is -0.457 e. The van der Waals surface area contributed by atoms with Crippen LogP contribution in [-0.4, -0.2) is 7.05 Å². The Morgan fingerprint density at radius 1 is 0.952 bits per heavy atom. The molecule has 0 spiro atoms. The Bertz CT molecular complexity index is 581. The molecule has 0 aromatic heterocycles. The summed E-state index contributed by atoms with van der Waals surface area (Å²) in [5, 5.41) is 3.24. The van der Waals surface area contributed by atoms with Crippen LogP contribution in [-0.2, 0) is 5.41 Å². The quantitative estimate of drug-likeness (QED) is 0.847. The van der Waals surface area contributed by atoms with Crippen LogP contribution in [0, 0.1) is 0 Å². The van der Waals surface area contributed by atoms with Crippen LogP contribution in [0.15, 0.2) is 48.5 Å². The highest BCUT2D eigenvalue weighted by Gasteiger charge is 2.18. The van der Waals surface area contributed by atoms with Gasteiger partial charge in [0, 0.05) is 11.6 Å². The van der Waals surface area contributed by atoms with E-state index in [9.17, 15) is 0 Å². The average Bonchev–Trinajstić information content (AvgIpc) is 2.47. The molecule has 2 rings (SSSR count). The fourth-order valence-electron chi connectivity index (χ4n) is 2.29. The van der Waals surface area contributed by atoms with E-state index < -0.39 is 0 Å². The highest BCUT2D eigenvalue weighted by atomic mass is 16.5. The molecule has 112 valence electrons. The lowest BCUT2D eigenvalue weighted by atomic mass is 9.86. The molecule has 1 N–H and O–H groups in total. The Morgan fingerprint density at radius 2 is 1.57 bits per heavy atom. The van der Waals surface area contributed by atoms with E-state index in [0.29, 0.717) is 6.04 Å². The van der Waals surface area contributed by atoms with Gasteiger partial charge in [0.1, 0.15) is 11.5 Å². The molecule has 0 aliphatic carbocycles. The molecular formula is C19H25NO. The summed E-state index contributed by atoms with van der Waals surface area (Å²) in [5.41, 5.74) is 2.55. The Balaban J connectivity index is 2.23. The molecule has 0 radical (unpaired) electrons. The smallest absolute Gasteiger partial charge is 0.131 e. The van der Waals surface area contributed by atoms with Gasteiger partial charge in [-0.15, -0.1) is 0 Å². The maximum atomic E-state index is 6.08. The number of rotatable bonds is 4. The van der Waals surface area contributed by atoms with E-state index in [1.54, 1.807) is 0 Å². The third-order valence-corrected chi connectivity index (χ3v) is 3.74. The highest BCUT2D eigenvalue weighted by molar-refractivity contribution is 5.42. The zero-order valence-corrected chi connectivity index (χ0v) is 13.6. The second-order valence-corrected chi connectivity index (χ2v) is 6.43. The SMILES string of the molecule is CNC(C)c1ccc(Oc2ccccc2C(C)(C)C)cc1. The van der Waals surface area contributed by atoms with Crippen molar-refractivity contribution in [3.63, 3.8) is 0 Å². The summed E-state index contributed by atoms with van der Waals surface area (Å²) in [6.45, 7) is 8.75. The van der Waals surface area contributed by atoms with E-state index in [-0.39, 0.29) is 5.41 Å². The molecule has 0 saturated heterocycles. The topological polar surface area (TPSA) is 21.3 Å². The molecule has 0 aliphatic heterocycles. The van der Waals surface area contributed by atoms with Gasteiger partial charge in [-0.3, -0.25) is 0 Å². The summed E-state index contributed by atoms with van der Waals surface area (Å²) in [5.74, 6) is 1.80. The number of para-hydroxylation sites is 1. The molecule has 0 heterocycles. The van der Waals surface area contributed by atoms with Gasteiger partial charge in [0.2, 0.25) is 0 Å². The second kappa shape index (κ2) is 6.31. The minimum atomic E-state index is 0.0666. The van der Waals surface area contributed by atoms with Crippen molar-refractivity contribution in [2.45, 2.75) is 39.2 Å². The van der Waals surface area contributed by atoms with Gasteiger partial charge in [0.15, 0.2) is 0 Å². The fourth-order valence-corrected chi connectivity index (χ4v) is 2.29.